The maximum atomic E-state index is 12.9. The van der Waals surface area contributed by atoms with Crippen LogP contribution < -0.4 is 10.1 Å². The third kappa shape index (κ3) is 3.68. The first-order valence-corrected chi connectivity index (χ1v) is 9.96. The number of ketones is 1. The molecule has 0 atom stereocenters. The highest BCUT2D eigenvalue weighted by molar-refractivity contribution is 6.07. The molecule has 0 radical (unpaired) electrons. The number of anilines is 2. The Balaban J connectivity index is 1.94. The summed E-state index contributed by atoms with van der Waals surface area (Å²) >= 11 is 0. The van der Waals surface area contributed by atoms with E-state index in [4.69, 9.17) is 4.74 Å². The molecular weight excluding hydrogens is 380 g/mol. The number of carbonyl (C=O) groups is 2. The Labute approximate surface area is 175 Å². The summed E-state index contributed by atoms with van der Waals surface area (Å²) in [6, 6.07) is 15.4. The van der Waals surface area contributed by atoms with Crippen LogP contribution in [0, 0.1) is 6.92 Å². The summed E-state index contributed by atoms with van der Waals surface area (Å²) in [5.74, 6) is -0.184. The summed E-state index contributed by atoms with van der Waals surface area (Å²) in [5, 5.41) is 13.0. The summed E-state index contributed by atoms with van der Waals surface area (Å²) in [5.41, 5.74) is 5.59. The van der Waals surface area contributed by atoms with Gasteiger partial charge in [0.2, 0.25) is 0 Å². The molecule has 154 valence electrons. The first-order valence-electron chi connectivity index (χ1n) is 9.96. The van der Waals surface area contributed by atoms with Crippen LogP contribution in [-0.2, 0) is 17.8 Å². The van der Waals surface area contributed by atoms with E-state index in [1.807, 2.05) is 55.5 Å². The van der Waals surface area contributed by atoms with Crippen molar-refractivity contribution in [1.82, 2.24) is 4.57 Å². The molecule has 6 nitrogen and oxygen atoms in total. The number of fused-ring (bicyclic) bond motifs is 1. The van der Waals surface area contributed by atoms with Gasteiger partial charge in [0.25, 0.3) is 0 Å². The first-order chi connectivity index (χ1) is 14.5. The second-order valence-electron chi connectivity index (χ2n) is 7.52. The second kappa shape index (κ2) is 8.06. The van der Waals surface area contributed by atoms with Gasteiger partial charge in [-0.2, -0.15) is 0 Å². The number of hydrogen-bond donors (Lipinski definition) is 2. The highest BCUT2D eigenvalue weighted by Crippen LogP contribution is 2.41. The van der Waals surface area contributed by atoms with Crippen LogP contribution in [0.1, 0.15) is 34.5 Å². The number of carboxylic acids is 1. The van der Waals surface area contributed by atoms with Gasteiger partial charge in [-0.3, -0.25) is 9.59 Å². The lowest BCUT2D eigenvalue weighted by molar-refractivity contribution is -0.137. The molecule has 0 unspecified atom stereocenters. The Bertz CT molecular complexity index is 1100. The van der Waals surface area contributed by atoms with Gasteiger partial charge in [0.05, 0.1) is 24.1 Å². The average Bonchev–Trinajstić information content (AvgIpc) is 3.03. The lowest BCUT2D eigenvalue weighted by Crippen LogP contribution is -2.17. The van der Waals surface area contributed by atoms with Crippen LogP contribution in [0.15, 0.2) is 48.5 Å². The van der Waals surface area contributed by atoms with Crippen LogP contribution in [0.5, 0.6) is 5.75 Å². The van der Waals surface area contributed by atoms with Crippen molar-refractivity contribution in [2.45, 2.75) is 32.7 Å². The van der Waals surface area contributed by atoms with E-state index in [-0.39, 0.29) is 12.3 Å². The van der Waals surface area contributed by atoms with Crippen LogP contribution in [0.4, 0.5) is 11.4 Å². The zero-order chi connectivity index (χ0) is 21.3. The molecule has 3 aromatic rings. The minimum absolute atomic E-state index is 0.0461. The number of benzene rings is 2. The third-order valence-electron chi connectivity index (χ3n) is 5.45. The Kier molecular flexibility index (Phi) is 5.31. The van der Waals surface area contributed by atoms with E-state index in [0.29, 0.717) is 35.5 Å². The summed E-state index contributed by atoms with van der Waals surface area (Å²) in [7, 11) is 1.60. The van der Waals surface area contributed by atoms with Crippen LogP contribution in [0.3, 0.4) is 0 Å². The zero-order valence-corrected chi connectivity index (χ0v) is 17.1. The maximum Gasteiger partial charge on any atom is 0.323 e. The summed E-state index contributed by atoms with van der Waals surface area (Å²) in [6.45, 7) is 1.81. The minimum atomic E-state index is -0.942. The largest absolute Gasteiger partial charge is 0.497 e. The third-order valence-corrected chi connectivity index (χ3v) is 5.45. The molecule has 0 bridgehead atoms. The molecule has 0 fully saturated rings. The fourth-order valence-electron chi connectivity index (χ4n) is 4.03. The molecule has 0 aliphatic heterocycles. The fraction of sp³-hybridized carbons (Fsp3) is 0.250. The van der Waals surface area contributed by atoms with Gasteiger partial charge in [-0.1, -0.05) is 17.7 Å². The van der Waals surface area contributed by atoms with Gasteiger partial charge in [-0.25, -0.2) is 0 Å². The number of nitrogens with one attached hydrogen (secondary N) is 1. The zero-order valence-electron chi connectivity index (χ0n) is 17.1. The predicted molar refractivity (Wildman–Crippen MR) is 116 cm³/mol. The van der Waals surface area contributed by atoms with Crippen molar-refractivity contribution < 1.29 is 19.4 Å². The molecule has 6 heteroatoms. The van der Waals surface area contributed by atoms with E-state index >= 15 is 0 Å². The monoisotopic (exact) mass is 404 g/mol. The van der Waals surface area contributed by atoms with Crippen molar-refractivity contribution in [3.63, 3.8) is 0 Å². The number of aryl methyl sites for hydroxylation is 1. The molecule has 1 aromatic heterocycles. The smallest absolute Gasteiger partial charge is 0.323 e. The topological polar surface area (TPSA) is 80.6 Å². The highest BCUT2D eigenvalue weighted by Gasteiger charge is 2.31. The molecule has 0 spiro atoms. The van der Waals surface area contributed by atoms with Gasteiger partial charge < -0.3 is 19.7 Å². The number of carboxylic acid groups (broad SMARTS) is 1. The highest BCUT2D eigenvalue weighted by atomic mass is 16.5. The molecule has 4 rings (SSSR count). The number of methoxy groups -OCH3 is 1. The molecular formula is C24H24N2O4. The molecule has 1 aliphatic rings. The van der Waals surface area contributed by atoms with Crippen LogP contribution >= 0.6 is 0 Å². The van der Waals surface area contributed by atoms with Crippen molar-refractivity contribution in [3.8, 4) is 17.0 Å². The van der Waals surface area contributed by atoms with Crippen LogP contribution in [-0.4, -0.2) is 28.5 Å². The van der Waals surface area contributed by atoms with Crippen molar-refractivity contribution >= 4 is 23.1 Å². The Morgan fingerprint density at radius 2 is 1.80 bits per heavy atom. The molecule has 30 heavy (non-hydrogen) atoms. The minimum Gasteiger partial charge on any atom is -0.497 e. The number of nitrogens with zero attached hydrogens (tertiary/aromatic N) is 1. The molecule has 0 saturated carbocycles. The SMILES string of the molecule is COc1ccc(-c2c(Nc3ccc(C)cc3)c3c(n2CC(=O)O)CCCC3=O)cc1. The van der Waals surface area contributed by atoms with E-state index < -0.39 is 5.97 Å². The Hall–Kier alpha value is -3.54. The molecule has 0 amide bonds. The molecule has 1 aliphatic carbocycles. The number of ether oxygens (including phenoxy) is 1. The normalized spacial score (nSPS) is 13.1. The summed E-state index contributed by atoms with van der Waals surface area (Å²) in [4.78, 5) is 24.6. The van der Waals surface area contributed by atoms with Gasteiger partial charge in [-0.05, 0) is 56.2 Å². The second-order valence-corrected chi connectivity index (χ2v) is 7.52. The van der Waals surface area contributed by atoms with E-state index in [9.17, 15) is 14.7 Å². The van der Waals surface area contributed by atoms with E-state index in [2.05, 4.69) is 5.32 Å². The average molecular weight is 404 g/mol. The van der Waals surface area contributed by atoms with Crippen molar-refractivity contribution in [3.05, 3.63) is 65.4 Å². The Morgan fingerprint density at radius 3 is 2.43 bits per heavy atom. The summed E-state index contributed by atoms with van der Waals surface area (Å²) < 4.78 is 7.04. The number of rotatable bonds is 6. The lowest BCUT2D eigenvalue weighted by Gasteiger charge is -2.15. The number of aromatic nitrogens is 1. The van der Waals surface area contributed by atoms with Gasteiger partial charge in [0, 0.05) is 23.4 Å². The summed E-state index contributed by atoms with van der Waals surface area (Å²) in [6.07, 6.45) is 1.86. The van der Waals surface area contributed by atoms with Crippen LogP contribution in [0.25, 0.3) is 11.3 Å². The van der Waals surface area contributed by atoms with Crippen molar-refractivity contribution in [2.24, 2.45) is 0 Å². The number of hydrogen-bond acceptors (Lipinski definition) is 4. The lowest BCUT2D eigenvalue weighted by atomic mass is 9.94. The van der Waals surface area contributed by atoms with Gasteiger partial charge in [0.15, 0.2) is 5.78 Å². The fourth-order valence-corrected chi connectivity index (χ4v) is 4.03. The molecule has 2 aromatic carbocycles. The van der Waals surface area contributed by atoms with Crippen LogP contribution in [0.2, 0.25) is 0 Å². The number of aliphatic carboxylic acids is 1. The number of Topliss-reactive ketones (excluding diaryl/α,β-unsaturated/α-hetero) is 1. The van der Waals surface area contributed by atoms with E-state index in [0.717, 1.165) is 28.9 Å². The standard InChI is InChI=1S/C24H24N2O4/c1-15-6-10-17(11-7-15)25-23-22-19(4-3-5-20(22)27)26(14-21(28)29)24(23)16-8-12-18(30-2)13-9-16/h6-13,25H,3-5,14H2,1-2H3,(H,28,29). The van der Waals surface area contributed by atoms with Gasteiger partial charge >= 0.3 is 5.97 Å². The van der Waals surface area contributed by atoms with E-state index in [1.165, 1.54) is 0 Å². The van der Waals surface area contributed by atoms with E-state index in [1.54, 1.807) is 11.7 Å². The maximum absolute atomic E-state index is 12.9. The van der Waals surface area contributed by atoms with Gasteiger partial charge in [-0.15, -0.1) is 0 Å². The predicted octanol–water partition coefficient (Wildman–Crippen LogP) is 4.82. The first kappa shape index (κ1) is 19.8. The Morgan fingerprint density at radius 1 is 1.10 bits per heavy atom. The van der Waals surface area contributed by atoms with Crippen molar-refractivity contribution in [2.75, 3.05) is 12.4 Å². The molecule has 0 saturated heterocycles. The number of carbonyl (C=O) groups excluding carboxylic acids is 1. The molecule has 1 heterocycles. The van der Waals surface area contributed by atoms with Gasteiger partial charge in [0.1, 0.15) is 12.3 Å². The van der Waals surface area contributed by atoms with Crippen molar-refractivity contribution in [1.29, 1.82) is 0 Å². The molecule has 2 N–H and O–H groups in total. The quantitative estimate of drug-likeness (QED) is 0.616.